The molecule has 0 aliphatic heterocycles. The Balaban J connectivity index is 2.28. The van der Waals surface area contributed by atoms with E-state index in [-0.39, 0.29) is 46.3 Å². The number of aromatic nitrogens is 2. The van der Waals surface area contributed by atoms with Gasteiger partial charge in [0.25, 0.3) is 5.56 Å². The maximum Gasteiger partial charge on any atom is 0.338 e. The molecule has 0 bridgehead atoms. The first-order valence-electron chi connectivity index (χ1n) is 10.7. The summed E-state index contributed by atoms with van der Waals surface area (Å²) < 4.78 is 18.0. The number of benzene rings is 1. The van der Waals surface area contributed by atoms with Crippen molar-refractivity contribution in [3.63, 3.8) is 0 Å². The van der Waals surface area contributed by atoms with Gasteiger partial charge in [-0.05, 0) is 24.0 Å². The SMILES string of the molecule is COc1cc(C(=O)OCC(=O)c2c(N)n(CC(C)C)c(=O)n(C)c2=O)cc(Cl)c1OCC(C)C. The third-order valence-corrected chi connectivity index (χ3v) is 5.05. The van der Waals surface area contributed by atoms with E-state index in [1.807, 2.05) is 27.7 Å². The lowest BCUT2D eigenvalue weighted by Gasteiger charge is -2.16. The van der Waals surface area contributed by atoms with E-state index in [1.54, 1.807) is 0 Å². The van der Waals surface area contributed by atoms with Gasteiger partial charge in [0.1, 0.15) is 11.4 Å². The predicted molar refractivity (Wildman–Crippen MR) is 128 cm³/mol. The summed E-state index contributed by atoms with van der Waals surface area (Å²) in [6, 6.07) is 2.72. The number of carbonyl (C=O) groups excluding carboxylic acids is 2. The van der Waals surface area contributed by atoms with Gasteiger partial charge in [-0.15, -0.1) is 0 Å². The molecule has 0 unspecified atom stereocenters. The van der Waals surface area contributed by atoms with Gasteiger partial charge in [0.05, 0.1) is 24.3 Å². The monoisotopic (exact) mass is 495 g/mol. The Morgan fingerprint density at radius 2 is 1.76 bits per heavy atom. The molecule has 34 heavy (non-hydrogen) atoms. The van der Waals surface area contributed by atoms with Crippen LogP contribution in [0.1, 0.15) is 48.4 Å². The normalized spacial score (nSPS) is 11.1. The topological polar surface area (TPSA) is 132 Å². The second-order valence-corrected chi connectivity index (χ2v) is 9.01. The van der Waals surface area contributed by atoms with Crippen molar-refractivity contribution in [2.45, 2.75) is 34.2 Å². The molecule has 0 aliphatic rings. The van der Waals surface area contributed by atoms with Crippen LogP contribution in [0.3, 0.4) is 0 Å². The number of nitrogens with zero attached hydrogens (tertiary/aromatic N) is 2. The number of ether oxygens (including phenoxy) is 3. The van der Waals surface area contributed by atoms with Gasteiger partial charge >= 0.3 is 11.7 Å². The standard InChI is InChI=1S/C23H30ClN3O7/c1-12(2)9-27-20(25)18(21(29)26(5)23(27)31)16(28)11-34-22(30)14-7-15(24)19(17(8-14)32-6)33-10-13(3)4/h7-8,12-13H,9-11,25H2,1-6H3. The van der Waals surface area contributed by atoms with E-state index in [0.717, 1.165) is 9.13 Å². The molecule has 0 spiro atoms. The zero-order valence-electron chi connectivity index (χ0n) is 20.1. The number of anilines is 1. The molecule has 0 radical (unpaired) electrons. The van der Waals surface area contributed by atoms with Crippen molar-refractivity contribution < 1.29 is 23.8 Å². The molecule has 10 nitrogen and oxygen atoms in total. The summed E-state index contributed by atoms with van der Waals surface area (Å²) in [4.78, 5) is 50.3. The Kier molecular flexibility index (Phi) is 8.92. The Morgan fingerprint density at radius 1 is 1.12 bits per heavy atom. The van der Waals surface area contributed by atoms with E-state index in [1.165, 1.54) is 26.3 Å². The van der Waals surface area contributed by atoms with E-state index in [0.29, 0.717) is 6.61 Å². The number of carbonyl (C=O) groups is 2. The summed E-state index contributed by atoms with van der Waals surface area (Å²) in [5.74, 6) is -1.18. The number of halogens is 1. The highest BCUT2D eigenvalue weighted by molar-refractivity contribution is 6.32. The van der Waals surface area contributed by atoms with Gasteiger partial charge in [0, 0.05) is 13.6 Å². The minimum absolute atomic E-state index is 0.0252. The zero-order chi connectivity index (χ0) is 25.7. The van der Waals surface area contributed by atoms with E-state index in [4.69, 9.17) is 31.5 Å². The van der Waals surface area contributed by atoms with Crippen LogP contribution in [0, 0.1) is 11.8 Å². The van der Waals surface area contributed by atoms with E-state index in [9.17, 15) is 19.2 Å². The van der Waals surface area contributed by atoms with Gasteiger partial charge in [-0.2, -0.15) is 0 Å². The van der Waals surface area contributed by atoms with Crippen molar-refractivity contribution in [1.29, 1.82) is 0 Å². The summed E-state index contributed by atoms with van der Waals surface area (Å²) >= 11 is 6.26. The average Bonchev–Trinajstić information content (AvgIpc) is 2.77. The highest BCUT2D eigenvalue weighted by atomic mass is 35.5. The molecular weight excluding hydrogens is 466 g/mol. The molecule has 0 fully saturated rings. The molecule has 2 rings (SSSR count). The second-order valence-electron chi connectivity index (χ2n) is 8.61. The van der Waals surface area contributed by atoms with Crippen LogP contribution in [0.15, 0.2) is 21.7 Å². The van der Waals surface area contributed by atoms with Gasteiger partial charge in [-0.1, -0.05) is 39.3 Å². The third kappa shape index (κ3) is 5.99. The van der Waals surface area contributed by atoms with Gasteiger partial charge in [-0.3, -0.25) is 18.7 Å². The van der Waals surface area contributed by atoms with Crippen LogP contribution in [-0.2, 0) is 18.3 Å². The van der Waals surface area contributed by atoms with Gasteiger partial charge in [-0.25, -0.2) is 9.59 Å². The molecule has 0 saturated carbocycles. The smallest absolute Gasteiger partial charge is 0.338 e. The lowest BCUT2D eigenvalue weighted by molar-refractivity contribution is 0.0473. The number of esters is 1. The molecule has 11 heteroatoms. The minimum Gasteiger partial charge on any atom is -0.493 e. The zero-order valence-corrected chi connectivity index (χ0v) is 20.9. The molecule has 1 heterocycles. The van der Waals surface area contributed by atoms with E-state index in [2.05, 4.69) is 0 Å². The number of methoxy groups -OCH3 is 1. The van der Waals surface area contributed by atoms with Crippen molar-refractivity contribution in [3.05, 3.63) is 49.1 Å². The van der Waals surface area contributed by atoms with Gasteiger partial charge in [0.2, 0.25) is 5.78 Å². The number of ketones is 1. The van der Waals surface area contributed by atoms with Crippen LogP contribution in [0.25, 0.3) is 0 Å². The molecule has 0 amide bonds. The Labute approximate surface area is 202 Å². The van der Waals surface area contributed by atoms with Crippen LogP contribution in [0.4, 0.5) is 5.82 Å². The molecule has 0 atom stereocenters. The number of Topliss-reactive ketones (excluding diaryl/α,β-unsaturated/α-hetero) is 1. The summed E-state index contributed by atoms with van der Waals surface area (Å²) in [6.07, 6.45) is 0. The summed E-state index contributed by atoms with van der Waals surface area (Å²) in [5, 5.41) is 0.136. The van der Waals surface area contributed by atoms with Crippen molar-refractivity contribution in [2.75, 3.05) is 26.1 Å². The van der Waals surface area contributed by atoms with E-state index < -0.39 is 35.2 Å². The summed E-state index contributed by atoms with van der Waals surface area (Å²) in [5.41, 5.74) is 4.10. The van der Waals surface area contributed by atoms with Crippen molar-refractivity contribution in [2.24, 2.45) is 18.9 Å². The average molecular weight is 496 g/mol. The Hall–Kier alpha value is -3.27. The predicted octanol–water partition coefficient (Wildman–Crippen LogP) is 2.52. The molecule has 2 N–H and O–H groups in total. The fraction of sp³-hybridized carbons (Fsp3) is 0.478. The highest BCUT2D eigenvalue weighted by Crippen LogP contribution is 2.37. The van der Waals surface area contributed by atoms with Gasteiger partial charge in [0.15, 0.2) is 18.1 Å². The minimum atomic E-state index is -0.866. The molecule has 186 valence electrons. The maximum atomic E-state index is 12.8. The molecule has 2 aromatic rings. The number of nitrogen functional groups attached to an aromatic ring is 1. The number of nitrogens with two attached hydrogens (primary N) is 1. The first kappa shape index (κ1) is 27.0. The largest absolute Gasteiger partial charge is 0.493 e. The van der Waals surface area contributed by atoms with Crippen molar-refractivity contribution >= 4 is 29.2 Å². The third-order valence-electron chi connectivity index (χ3n) is 4.77. The van der Waals surface area contributed by atoms with Gasteiger partial charge < -0.3 is 19.9 Å². The number of rotatable bonds is 10. The van der Waals surface area contributed by atoms with Crippen LogP contribution in [-0.4, -0.2) is 41.2 Å². The van der Waals surface area contributed by atoms with Crippen LogP contribution in [0.2, 0.25) is 5.02 Å². The highest BCUT2D eigenvalue weighted by Gasteiger charge is 2.24. The quantitative estimate of drug-likeness (QED) is 0.393. The fourth-order valence-electron chi connectivity index (χ4n) is 3.10. The van der Waals surface area contributed by atoms with Crippen LogP contribution in [0.5, 0.6) is 11.5 Å². The summed E-state index contributed by atoms with van der Waals surface area (Å²) in [7, 11) is 2.65. The fourth-order valence-corrected chi connectivity index (χ4v) is 3.37. The Morgan fingerprint density at radius 3 is 2.32 bits per heavy atom. The maximum absolute atomic E-state index is 12.8. The van der Waals surface area contributed by atoms with Crippen LogP contribution >= 0.6 is 11.6 Å². The summed E-state index contributed by atoms with van der Waals surface area (Å²) in [6.45, 7) is 7.50. The Bertz CT molecular complexity index is 1200. The molecule has 1 aromatic heterocycles. The second kappa shape index (κ2) is 11.2. The molecular formula is C23H30ClN3O7. The van der Waals surface area contributed by atoms with Crippen molar-refractivity contribution in [3.8, 4) is 11.5 Å². The lowest BCUT2D eigenvalue weighted by atomic mass is 10.1. The molecule has 1 aromatic carbocycles. The van der Waals surface area contributed by atoms with Crippen LogP contribution < -0.4 is 26.5 Å². The first-order chi connectivity index (χ1) is 15.9. The van der Waals surface area contributed by atoms with Crippen molar-refractivity contribution in [1.82, 2.24) is 9.13 Å². The number of hydrogen-bond donors (Lipinski definition) is 1. The molecule has 0 saturated heterocycles. The number of hydrogen-bond acceptors (Lipinski definition) is 8. The van der Waals surface area contributed by atoms with E-state index >= 15 is 0 Å². The first-order valence-corrected chi connectivity index (χ1v) is 11.1. The molecule has 0 aliphatic carbocycles. The lowest BCUT2D eigenvalue weighted by Crippen LogP contribution is -2.43.